The summed E-state index contributed by atoms with van der Waals surface area (Å²) < 4.78 is 0. The summed E-state index contributed by atoms with van der Waals surface area (Å²) in [5, 5.41) is 3.95. The molecule has 1 aromatic heterocycles. The zero-order valence-corrected chi connectivity index (χ0v) is 19.0. The number of hydrogen-bond acceptors (Lipinski definition) is 5. The summed E-state index contributed by atoms with van der Waals surface area (Å²) in [6, 6.07) is 19.9. The van der Waals surface area contributed by atoms with E-state index in [0.717, 1.165) is 23.2 Å². The Balaban J connectivity index is 1.59. The van der Waals surface area contributed by atoms with Crippen LogP contribution < -0.4 is 10.9 Å². The van der Waals surface area contributed by atoms with Crippen LogP contribution in [0.4, 0.5) is 5.82 Å². The monoisotopic (exact) mass is 443 g/mol. The number of Topliss-reactive ketones (excluding diaryl/α,β-unsaturated/α-hetero) is 1. The Morgan fingerprint density at radius 2 is 1.69 bits per heavy atom. The van der Waals surface area contributed by atoms with Gasteiger partial charge >= 0.3 is 0 Å². The number of ketones is 1. The van der Waals surface area contributed by atoms with Crippen molar-refractivity contribution in [2.45, 2.75) is 43.5 Å². The molecular weight excluding hydrogens is 418 g/mol. The Morgan fingerprint density at radius 3 is 2.41 bits per heavy atom. The SMILES string of the molecule is CC1(C)CC(=O)C2=C(C1)Nc1nc(SCc3ccccc3)[nH]c(=O)c1C2c1ccccc1. The molecule has 2 N–H and O–H groups in total. The number of allylic oxidation sites excluding steroid dienone is 2. The maximum atomic E-state index is 13.3. The summed E-state index contributed by atoms with van der Waals surface area (Å²) in [6.45, 7) is 4.21. The van der Waals surface area contributed by atoms with Crippen molar-refractivity contribution in [2.75, 3.05) is 5.32 Å². The molecular formula is C26H25N3O2S. The number of carbonyl (C=O) groups is 1. The second kappa shape index (κ2) is 8.10. The Morgan fingerprint density at radius 1 is 1.00 bits per heavy atom. The first-order valence-electron chi connectivity index (χ1n) is 10.8. The smallest absolute Gasteiger partial charge is 0.257 e. The van der Waals surface area contributed by atoms with Gasteiger partial charge in [0.25, 0.3) is 5.56 Å². The lowest BCUT2D eigenvalue weighted by Gasteiger charge is -2.38. The summed E-state index contributed by atoms with van der Waals surface area (Å²) >= 11 is 1.50. The second-order valence-electron chi connectivity index (χ2n) is 9.21. The van der Waals surface area contributed by atoms with Crippen molar-refractivity contribution < 1.29 is 4.79 Å². The maximum Gasteiger partial charge on any atom is 0.257 e. The van der Waals surface area contributed by atoms with Gasteiger partial charge in [-0.1, -0.05) is 86.3 Å². The number of anilines is 1. The van der Waals surface area contributed by atoms with E-state index in [1.54, 1.807) is 0 Å². The molecule has 2 heterocycles. The summed E-state index contributed by atoms with van der Waals surface area (Å²) in [5.41, 5.74) is 3.89. The van der Waals surface area contributed by atoms with E-state index < -0.39 is 5.92 Å². The minimum absolute atomic E-state index is 0.102. The van der Waals surface area contributed by atoms with E-state index in [9.17, 15) is 9.59 Å². The molecule has 0 amide bonds. The molecule has 0 radical (unpaired) electrons. The molecule has 1 unspecified atom stereocenters. The number of aromatic nitrogens is 2. The lowest BCUT2D eigenvalue weighted by molar-refractivity contribution is -0.118. The molecule has 2 aliphatic rings. The fourth-order valence-corrected chi connectivity index (χ4v) is 5.48. The van der Waals surface area contributed by atoms with Crippen molar-refractivity contribution in [1.29, 1.82) is 0 Å². The third-order valence-electron chi connectivity index (χ3n) is 6.05. The van der Waals surface area contributed by atoms with E-state index in [-0.39, 0.29) is 16.8 Å². The predicted octanol–water partition coefficient (Wildman–Crippen LogP) is 5.26. The van der Waals surface area contributed by atoms with Gasteiger partial charge in [0.2, 0.25) is 0 Å². The first-order valence-corrected chi connectivity index (χ1v) is 11.8. The maximum absolute atomic E-state index is 13.3. The molecule has 0 fully saturated rings. The van der Waals surface area contributed by atoms with E-state index in [2.05, 4.69) is 36.3 Å². The quantitative estimate of drug-likeness (QED) is 0.425. The van der Waals surface area contributed by atoms with E-state index in [1.807, 2.05) is 48.5 Å². The zero-order chi connectivity index (χ0) is 22.3. The zero-order valence-electron chi connectivity index (χ0n) is 18.1. The van der Waals surface area contributed by atoms with Crippen LogP contribution in [-0.2, 0) is 10.5 Å². The van der Waals surface area contributed by atoms with Crippen LogP contribution in [0, 0.1) is 5.41 Å². The molecule has 0 saturated heterocycles. The summed E-state index contributed by atoms with van der Waals surface area (Å²) in [5.74, 6) is 0.965. The Bertz CT molecular complexity index is 1260. The third kappa shape index (κ3) is 3.91. The van der Waals surface area contributed by atoms with Crippen molar-refractivity contribution >= 4 is 23.4 Å². The standard InChI is InChI=1S/C26H25N3O2S/c1-26(2)13-18-21(19(30)14-26)20(17-11-7-4-8-12-17)22-23(27-18)28-25(29-24(22)31)32-15-16-9-5-3-6-10-16/h3-12,20H,13-15H2,1-2H3,(H2,27,28,29,31). The lowest BCUT2D eigenvalue weighted by Crippen LogP contribution is -2.37. The molecule has 1 aliphatic carbocycles. The van der Waals surface area contributed by atoms with Crippen LogP contribution in [0.1, 0.15) is 49.3 Å². The average Bonchev–Trinajstić information content (AvgIpc) is 2.77. The van der Waals surface area contributed by atoms with Crippen molar-refractivity contribution in [3.63, 3.8) is 0 Å². The first-order chi connectivity index (χ1) is 15.4. The number of H-pyrrole nitrogens is 1. The molecule has 1 aliphatic heterocycles. The predicted molar refractivity (Wildman–Crippen MR) is 128 cm³/mol. The largest absolute Gasteiger partial charge is 0.343 e. The molecule has 5 nitrogen and oxygen atoms in total. The summed E-state index contributed by atoms with van der Waals surface area (Å²) in [7, 11) is 0. The van der Waals surface area contributed by atoms with E-state index in [1.165, 1.54) is 11.8 Å². The minimum atomic E-state index is -0.407. The topological polar surface area (TPSA) is 74.8 Å². The van der Waals surface area contributed by atoms with Gasteiger partial charge in [0.1, 0.15) is 5.82 Å². The number of thioether (sulfide) groups is 1. The number of nitrogens with zero attached hydrogens (tertiary/aromatic N) is 1. The molecule has 0 bridgehead atoms. The number of rotatable bonds is 4. The third-order valence-corrected chi connectivity index (χ3v) is 7.00. The van der Waals surface area contributed by atoms with Gasteiger partial charge in [0, 0.05) is 29.4 Å². The van der Waals surface area contributed by atoms with E-state index in [4.69, 9.17) is 4.98 Å². The highest BCUT2D eigenvalue weighted by Gasteiger charge is 2.42. The van der Waals surface area contributed by atoms with Gasteiger partial charge in [0.15, 0.2) is 10.9 Å². The van der Waals surface area contributed by atoms with Crippen LogP contribution in [-0.4, -0.2) is 15.8 Å². The number of carbonyl (C=O) groups excluding carboxylic acids is 1. The number of hydrogen-bond donors (Lipinski definition) is 2. The van der Waals surface area contributed by atoms with Crippen LogP contribution in [0.15, 0.2) is 81.9 Å². The first kappa shape index (κ1) is 20.8. The van der Waals surface area contributed by atoms with Gasteiger partial charge < -0.3 is 10.3 Å². The van der Waals surface area contributed by atoms with Crippen molar-refractivity contribution in [3.05, 3.63) is 99.0 Å². The van der Waals surface area contributed by atoms with Gasteiger partial charge in [-0.3, -0.25) is 9.59 Å². The second-order valence-corrected chi connectivity index (χ2v) is 10.2. The van der Waals surface area contributed by atoms with E-state index >= 15 is 0 Å². The fraction of sp³-hybridized carbons (Fsp3) is 0.269. The number of nitrogens with one attached hydrogen (secondary N) is 2. The van der Waals surface area contributed by atoms with Gasteiger partial charge in [-0.25, -0.2) is 4.98 Å². The Labute approximate surface area is 191 Å². The number of aromatic amines is 1. The van der Waals surface area contributed by atoms with Gasteiger partial charge in [-0.2, -0.15) is 0 Å². The van der Waals surface area contributed by atoms with Crippen LogP contribution in [0.2, 0.25) is 0 Å². The van der Waals surface area contributed by atoms with Crippen LogP contribution in [0.25, 0.3) is 0 Å². The molecule has 3 aromatic rings. The molecule has 2 aromatic carbocycles. The normalized spacial score (nSPS) is 19.2. The van der Waals surface area contributed by atoms with Crippen LogP contribution in [0.3, 0.4) is 0 Å². The fourth-order valence-electron chi connectivity index (χ4n) is 4.67. The minimum Gasteiger partial charge on any atom is -0.343 e. The summed E-state index contributed by atoms with van der Waals surface area (Å²) in [6.07, 6.45) is 1.22. The summed E-state index contributed by atoms with van der Waals surface area (Å²) in [4.78, 5) is 34.3. The molecule has 6 heteroatoms. The molecule has 0 saturated carbocycles. The lowest BCUT2D eigenvalue weighted by atomic mass is 9.69. The number of benzene rings is 2. The average molecular weight is 444 g/mol. The molecule has 162 valence electrons. The Kier molecular flexibility index (Phi) is 5.25. The number of fused-ring (bicyclic) bond motifs is 1. The van der Waals surface area contributed by atoms with Gasteiger partial charge in [-0.15, -0.1) is 0 Å². The van der Waals surface area contributed by atoms with Crippen LogP contribution in [0.5, 0.6) is 0 Å². The highest BCUT2D eigenvalue weighted by atomic mass is 32.2. The highest BCUT2D eigenvalue weighted by molar-refractivity contribution is 7.98. The highest BCUT2D eigenvalue weighted by Crippen LogP contribution is 2.47. The molecule has 5 rings (SSSR count). The van der Waals surface area contributed by atoms with Gasteiger partial charge in [-0.05, 0) is 23.0 Å². The van der Waals surface area contributed by atoms with Crippen LogP contribution >= 0.6 is 11.8 Å². The van der Waals surface area contributed by atoms with Crippen molar-refractivity contribution in [3.8, 4) is 0 Å². The molecule has 1 atom stereocenters. The molecule has 0 spiro atoms. The molecule has 32 heavy (non-hydrogen) atoms. The van der Waals surface area contributed by atoms with Crippen molar-refractivity contribution in [2.24, 2.45) is 5.41 Å². The van der Waals surface area contributed by atoms with Crippen molar-refractivity contribution in [1.82, 2.24) is 9.97 Å². The van der Waals surface area contributed by atoms with Gasteiger partial charge in [0.05, 0.1) is 5.56 Å². The van der Waals surface area contributed by atoms with E-state index in [0.29, 0.717) is 34.3 Å². The Hall–Kier alpha value is -3.12.